The number of thioether (sulfide) groups is 1. The highest BCUT2D eigenvalue weighted by Crippen LogP contribution is 2.38. The molecule has 1 amide bonds. The molecule has 2 unspecified atom stereocenters. The van der Waals surface area contributed by atoms with Gasteiger partial charge in [0, 0.05) is 10.9 Å². The van der Waals surface area contributed by atoms with Gasteiger partial charge in [-0.2, -0.15) is 0 Å². The van der Waals surface area contributed by atoms with E-state index in [0.717, 1.165) is 41.5 Å². The molecule has 0 radical (unpaired) electrons. The SMILES string of the molecule is CCC(C)n1c(SC(C(N)=O)c2ccccc2)nc2sc3c(c2c1=O)CCCCC3. The number of carbonyl (C=O) groups is 1. The van der Waals surface area contributed by atoms with Crippen LogP contribution in [0, 0.1) is 0 Å². The summed E-state index contributed by atoms with van der Waals surface area (Å²) < 4.78 is 1.78. The van der Waals surface area contributed by atoms with Gasteiger partial charge in [0.25, 0.3) is 5.56 Å². The molecule has 0 saturated heterocycles. The van der Waals surface area contributed by atoms with Crippen molar-refractivity contribution in [2.75, 3.05) is 0 Å². The number of primary amides is 1. The molecule has 0 bridgehead atoms. The molecule has 0 saturated carbocycles. The maximum atomic E-state index is 13.7. The number of hydrogen-bond acceptors (Lipinski definition) is 5. The van der Waals surface area contributed by atoms with Gasteiger partial charge >= 0.3 is 0 Å². The molecule has 1 aliphatic carbocycles. The third-order valence-corrected chi connectivity index (χ3v) is 8.28. The highest BCUT2D eigenvalue weighted by atomic mass is 32.2. The molecule has 2 atom stereocenters. The minimum Gasteiger partial charge on any atom is -0.368 e. The number of carbonyl (C=O) groups excluding carboxylic acids is 1. The van der Waals surface area contributed by atoms with Crippen molar-refractivity contribution < 1.29 is 4.79 Å². The van der Waals surface area contributed by atoms with Crippen molar-refractivity contribution >= 4 is 39.2 Å². The zero-order valence-electron chi connectivity index (χ0n) is 17.4. The normalized spacial score (nSPS) is 16.1. The van der Waals surface area contributed by atoms with E-state index in [1.165, 1.54) is 35.0 Å². The highest BCUT2D eigenvalue weighted by molar-refractivity contribution is 8.00. The molecular weight excluding hydrogens is 414 g/mol. The summed E-state index contributed by atoms with van der Waals surface area (Å²) in [5, 5.41) is 0.770. The predicted molar refractivity (Wildman–Crippen MR) is 124 cm³/mol. The summed E-state index contributed by atoms with van der Waals surface area (Å²) in [6, 6.07) is 9.45. The van der Waals surface area contributed by atoms with Gasteiger partial charge in [-0.3, -0.25) is 14.2 Å². The Labute approximate surface area is 184 Å². The van der Waals surface area contributed by atoms with E-state index in [0.29, 0.717) is 5.16 Å². The molecule has 7 heteroatoms. The van der Waals surface area contributed by atoms with E-state index in [9.17, 15) is 9.59 Å². The topological polar surface area (TPSA) is 78.0 Å². The third kappa shape index (κ3) is 3.93. The largest absolute Gasteiger partial charge is 0.368 e. The number of aromatic nitrogens is 2. The molecule has 158 valence electrons. The van der Waals surface area contributed by atoms with Crippen LogP contribution in [0.3, 0.4) is 0 Å². The summed E-state index contributed by atoms with van der Waals surface area (Å²) in [5.74, 6) is -0.432. The molecule has 30 heavy (non-hydrogen) atoms. The van der Waals surface area contributed by atoms with Crippen molar-refractivity contribution in [1.29, 1.82) is 0 Å². The molecular formula is C23H27N3O2S2. The number of nitrogens with zero attached hydrogens (tertiary/aromatic N) is 2. The molecule has 2 N–H and O–H groups in total. The third-order valence-electron chi connectivity index (χ3n) is 5.85. The molecule has 5 nitrogen and oxygen atoms in total. The first kappa shape index (κ1) is 21.1. The summed E-state index contributed by atoms with van der Waals surface area (Å²) in [5.41, 5.74) is 7.79. The molecule has 1 aromatic carbocycles. The predicted octanol–water partition coefficient (Wildman–Crippen LogP) is 5.02. The van der Waals surface area contributed by atoms with Crippen LogP contribution < -0.4 is 11.3 Å². The van der Waals surface area contributed by atoms with E-state index < -0.39 is 11.2 Å². The first-order valence-electron chi connectivity index (χ1n) is 10.6. The Balaban J connectivity index is 1.88. The molecule has 2 heterocycles. The summed E-state index contributed by atoms with van der Waals surface area (Å²) in [6.07, 6.45) is 6.28. The van der Waals surface area contributed by atoms with Crippen LogP contribution in [0.2, 0.25) is 0 Å². The first-order valence-corrected chi connectivity index (χ1v) is 12.3. The van der Waals surface area contributed by atoms with E-state index in [-0.39, 0.29) is 11.6 Å². The van der Waals surface area contributed by atoms with E-state index >= 15 is 0 Å². The summed E-state index contributed by atoms with van der Waals surface area (Å²) in [6.45, 7) is 4.10. The number of amides is 1. The van der Waals surface area contributed by atoms with Crippen LogP contribution in [-0.2, 0) is 17.6 Å². The molecule has 2 aromatic heterocycles. The lowest BCUT2D eigenvalue weighted by Crippen LogP contribution is -2.27. The minimum absolute atomic E-state index is 0.0115. The fourth-order valence-electron chi connectivity index (χ4n) is 4.05. The van der Waals surface area contributed by atoms with Crippen LogP contribution in [0.15, 0.2) is 40.3 Å². The van der Waals surface area contributed by atoms with Gasteiger partial charge in [-0.25, -0.2) is 4.98 Å². The Kier molecular flexibility index (Phi) is 6.29. The number of thiophene rings is 1. The Morgan fingerprint density at radius 3 is 2.67 bits per heavy atom. The van der Waals surface area contributed by atoms with E-state index in [1.807, 2.05) is 37.3 Å². The average Bonchev–Trinajstić information content (AvgIpc) is 2.93. The standard InChI is InChI=1S/C23H27N3O2S2/c1-3-14(2)26-22(28)18-16-12-8-5-9-13-17(16)29-21(18)25-23(26)30-19(20(24)27)15-10-6-4-7-11-15/h4,6-7,10-11,14,19H,3,5,8-9,12-13H2,1-2H3,(H2,24,27). The van der Waals surface area contributed by atoms with Gasteiger partial charge in [0.2, 0.25) is 5.91 Å². The second-order valence-electron chi connectivity index (χ2n) is 7.88. The fourth-order valence-corrected chi connectivity index (χ4v) is 6.50. The molecule has 0 aliphatic heterocycles. The van der Waals surface area contributed by atoms with Crippen molar-refractivity contribution in [3.8, 4) is 0 Å². The minimum atomic E-state index is -0.594. The monoisotopic (exact) mass is 441 g/mol. The molecule has 3 aromatic rings. The van der Waals surface area contributed by atoms with Gasteiger partial charge in [-0.1, -0.05) is 55.4 Å². The Bertz CT molecular complexity index is 1120. The van der Waals surface area contributed by atoms with Gasteiger partial charge in [0.15, 0.2) is 5.16 Å². The number of aryl methyl sites for hydroxylation is 2. The molecule has 0 fully saturated rings. The fraction of sp³-hybridized carbons (Fsp3) is 0.435. The van der Waals surface area contributed by atoms with E-state index in [2.05, 4.69) is 6.92 Å². The Hall–Kier alpha value is -2.12. The van der Waals surface area contributed by atoms with Gasteiger partial charge < -0.3 is 5.73 Å². The molecule has 0 spiro atoms. The lowest BCUT2D eigenvalue weighted by molar-refractivity contribution is -0.117. The first-order chi connectivity index (χ1) is 14.5. The summed E-state index contributed by atoms with van der Waals surface area (Å²) in [7, 11) is 0. The van der Waals surface area contributed by atoms with E-state index in [1.54, 1.807) is 15.9 Å². The smallest absolute Gasteiger partial charge is 0.263 e. The Morgan fingerprint density at radius 1 is 1.23 bits per heavy atom. The maximum Gasteiger partial charge on any atom is 0.263 e. The molecule has 4 rings (SSSR count). The van der Waals surface area contributed by atoms with Gasteiger partial charge in [0.05, 0.1) is 5.39 Å². The Morgan fingerprint density at radius 2 is 1.97 bits per heavy atom. The van der Waals surface area contributed by atoms with Crippen LogP contribution in [0.1, 0.15) is 66.8 Å². The van der Waals surface area contributed by atoms with Gasteiger partial charge in [-0.05, 0) is 50.2 Å². The average molecular weight is 442 g/mol. The lowest BCUT2D eigenvalue weighted by atomic mass is 10.1. The van der Waals surface area contributed by atoms with Crippen molar-refractivity contribution in [1.82, 2.24) is 9.55 Å². The second-order valence-corrected chi connectivity index (χ2v) is 10.0. The number of rotatable bonds is 6. The number of nitrogens with two attached hydrogens (primary N) is 1. The number of benzene rings is 1. The van der Waals surface area contributed by atoms with Crippen LogP contribution in [-0.4, -0.2) is 15.5 Å². The van der Waals surface area contributed by atoms with Crippen molar-refractivity contribution in [3.05, 3.63) is 56.7 Å². The van der Waals surface area contributed by atoms with Crippen molar-refractivity contribution in [2.24, 2.45) is 5.73 Å². The summed E-state index contributed by atoms with van der Waals surface area (Å²) in [4.78, 5) is 33.0. The molecule has 1 aliphatic rings. The van der Waals surface area contributed by atoms with Crippen LogP contribution >= 0.6 is 23.1 Å². The summed E-state index contributed by atoms with van der Waals surface area (Å²) >= 11 is 2.93. The number of hydrogen-bond donors (Lipinski definition) is 1. The van der Waals surface area contributed by atoms with E-state index in [4.69, 9.17) is 10.7 Å². The van der Waals surface area contributed by atoms with Gasteiger partial charge in [-0.15, -0.1) is 11.3 Å². The van der Waals surface area contributed by atoms with Crippen molar-refractivity contribution in [3.63, 3.8) is 0 Å². The quantitative estimate of drug-likeness (QED) is 0.331. The van der Waals surface area contributed by atoms with Crippen LogP contribution in [0.4, 0.5) is 0 Å². The maximum absolute atomic E-state index is 13.7. The zero-order chi connectivity index (χ0) is 21.3. The highest BCUT2D eigenvalue weighted by Gasteiger charge is 2.27. The van der Waals surface area contributed by atoms with Crippen LogP contribution in [0.25, 0.3) is 10.2 Å². The van der Waals surface area contributed by atoms with Crippen molar-refractivity contribution in [2.45, 2.75) is 68.8 Å². The lowest BCUT2D eigenvalue weighted by Gasteiger charge is -2.20. The zero-order valence-corrected chi connectivity index (χ0v) is 19.0. The number of fused-ring (bicyclic) bond motifs is 3. The van der Waals surface area contributed by atoms with Gasteiger partial charge in [0.1, 0.15) is 10.1 Å². The second kappa shape index (κ2) is 8.94. The van der Waals surface area contributed by atoms with Crippen LogP contribution in [0.5, 0.6) is 0 Å².